The van der Waals surface area contributed by atoms with Crippen LogP contribution < -0.4 is 0 Å². The van der Waals surface area contributed by atoms with Crippen LogP contribution in [0.1, 0.15) is 4.88 Å². The van der Waals surface area contributed by atoms with E-state index in [9.17, 15) is 0 Å². The van der Waals surface area contributed by atoms with E-state index in [-0.39, 0.29) is 0 Å². The van der Waals surface area contributed by atoms with Crippen LogP contribution in [-0.4, -0.2) is 6.21 Å². The summed E-state index contributed by atoms with van der Waals surface area (Å²) in [4.78, 5) is 5.56. The molecule has 0 saturated carbocycles. The van der Waals surface area contributed by atoms with E-state index < -0.39 is 0 Å². The van der Waals surface area contributed by atoms with Gasteiger partial charge in [0, 0.05) is 14.7 Å². The smallest absolute Gasteiger partial charge is 0.0630 e. The van der Waals surface area contributed by atoms with Crippen LogP contribution in [0.4, 0.5) is 5.69 Å². The molecular formula is C11H8INS. The predicted octanol–water partition coefficient (Wildman–Crippen LogP) is 4.10. The second-order valence-electron chi connectivity index (χ2n) is 2.75. The summed E-state index contributed by atoms with van der Waals surface area (Å²) in [6.07, 6.45) is 1.90. The second kappa shape index (κ2) is 4.70. The highest BCUT2D eigenvalue weighted by atomic mass is 127. The molecule has 0 aliphatic carbocycles. The van der Waals surface area contributed by atoms with Gasteiger partial charge in [0.2, 0.25) is 0 Å². The topological polar surface area (TPSA) is 12.4 Å². The Morgan fingerprint density at radius 3 is 2.57 bits per heavy atom. The van der Waals surface area contributed by atoms with Crippen molar-refractivity contribution in [3.05, 3.63) is 50.2 Å². The first-order chi connectivity index (χ1) is 6.84. The van der Waals surface area contributed by atoms with E-state index in [1.165, 1.54) is 8.45 Å². The van der Waals surface area contributed by atoms with E-state index in [0.717, 1.165) is 5.69 Å². The van der Waals surface area contributed by atoms with E-state index in [2.05, 4.69) is 51.2 Å². The van der Waals surface area contributed by atoms with Crippen molar-refractivity contribution in [2.45, 2.75) is 0 Å². The molecule has 0 spiro atoms. The zero-order chi connectivity index (χ0) is 9.80. The zero-order valence-corrected chi connectivity index (χ0v) is 10.3. The minimum absolute atomic E-state index is 0.999. The Balaban J connectivity index is 2.15. The van der Waals surface area contributed by atoms with Crippen LogP contribution in [0.15, 0.2) is 46.8 Å². The molecule has 3 heteroatoms. The van der Waals surface area contributed by atoms with Gasteiger partial charge >= 0.3 is 0 Å². The highest BCUT2D eigenvalue weighted by molar-refractivity contribution is 14.1. The van der Waals surface area contributed by atoms with Crippen LogP contribution >= 0.6 is 33.9 Å². The maximum Gasteiger partial charge on any atom is 0.0630 e. The van der Waals surface area contributed by atoms with Crippen LogP contribution in [0.5, 0.6) is 0 Å². The number of rotatable bonds is 2. The average Bonchev–Trinajstić information content (AvgIpc) is 2.70. The highest BCUT2D eigenvalue weighted by Gasteiger charge is 1.89. The first kappa shape index (κ1) is 9.86. The van der Waals surface area contributed by atoms with Crippen molar-refractivity contribution in [2.24, 2.45) is 4.99 Å². The minimum atomic E-state index is 0.999. The van der Waals surface area contributed by atoms with Gasteiger partial charge in [-0.3, -0.25) is 4.99 Å². The largest absolute Gasteiger partial charge is 0.255 e. The molecule has 0 amide bonds. The Hall–Kier alpha value is -0.680. The van der Waals surface area contributed by atoms with Gasteiger partial charge < -0.3 is 0 Å². The van der Waals surface area contributed by atoms with Crippen molar-refractivity contribution in [1.29, 1.82) is 0 Å². The Morgan fingerprint density at radius 2 is 1.93 bits per heavy atom. The summed E-state index contributed by atoms with van der Waals surface area (Å²) in [5.74, 6) is 0. The third kappa shape index (κ3) is 2.65. The molecule has 2 aromatic rings. The molecule has 0 aliphatic heterocycles. The number of nitrogens with zero attached hydrogens (tertiary/aromatic N) is 1. The van der Waals surface area contributed by atoms with E-state index in [1.54, 1.807) is 11.3 Å². The van der Waals surface area contributed by atoms with Crippen molar-refractivity contribution in [3.8, 4) is 0 Å². The average molecular weight is 313 g/mol. The van der Waals surface area contributed by atoms with Crippen LogP contribution in [-0.2, 0) is 0 Å². The minimum Gasteiger partial charge on any atom is -0.255 e. The number of halogens is 1. The molecule has 0 unspecified atom stereocenters. The van der Waals surface area contributed by atoms with E-state index in [1.807, 2.05) is 24.4 Å². The molecule has 1 heterocycles. The summed E-state index contributed by atoms with van der Waals surface area (Å²) in [5, 5.41) is 2.05. The first-order valence-electron chi connectivity index (χ1n) is 4.18. The van der Waals surface area contributed by atoms with Crippen LogP contribution in [0, 0.1) is 3.57 Å². The van der Waals surface area contributed by atoms with Gasteiger partial charge in [0.1, 0.15) is 0 Å². The van der Waals surface area contributed by atoms with Gasteiger partial charge in [-0.15, -0.1) is 11.3 Å². The summed E-state index contributed by atoms with van der Waals surface area (Å²) < 4.78 is 1.23. The highest BCUT2D eigenvalue weighted by Crippen LogP contribution is 2.15. The Morgan fingerprint density at radius 1 is 1.14 bits per heavy atom. The monoisotopic (exact) mass is 313 g/mol. The molecule has 1 nitrogen and oxygen atoms in total. The van der Waals surface area contributed by atoms with E-state index in [4.69, 9.17) is 0 Å². The lowest BCUT2D eigenvalue weighted by Gasteiger charge is -1.92. The van der Waals surface area contributed by atoms with Crippen molar-refractivity contribution in [1.82, 2.24) is 0 Å². The lowest BCUT2D eigenvalue weighted by Crippen LogP contribution is -1.72. The normalized spacial score (nSPS) is 10.9. The number of benzene rings is 1. The van der Waals surface area contributed by atoms with Gasteiger partial charge in [-0.25, -0.2) is 0 Å². The number of aliphatic imine (C=N–C) groups is 1. The van der Waals surface area contributed by atoms with Crippen molar-refractivity contribution < 1.29 is 0 Å². The van der Waals surface area contributed by atoms with Crippen LogP contribution in [0.3, 0.4) is 0 Å². The molecule has 1 aromatic carbocycles. The number of hydrogen-bond acceptors (Lipinski definition) is 2. The maximum atomic E-state index is 4.37. The molecule has 14 heavy (non-hydrogen) atoms. The fraction of sp³-hybridized carbons (Fsp3) is 0. The molecule has 2 rings (SSSR count). The van der Waals surface area contributed by atoms with Gasteiger partial charge in [-0.1, -0.05) is 6.07 Å². The van der Waals surface area contributed by atoms with Gasteiger partial charge in [-0.05, 0) is 58.3 Å². The van der Waals surface area contributed by atoms with Crippen molar-refractivity contribution in [2.75, 3.05) is 0 Å². The van der Waals surface area contributed by atoms with Gasteiger partial charge in [0.25, 0.3) is 0 Å². The lowest BCUT2D eigenvalue weighted by atomic mass is 10.3. The fourth-order valence-electron chi connectivity index (χ4n) is 1.03. The molecular weight excluding hydrogens is 305 g/mol. The summed E-state index contributed by atoms with van der Waals surface area (Å²) in [5.41, 5.74) is 0.999. The third-order valence-electron chi connectivity index (χ3n) is 1.71. The summed E-state index contributed by atoms with van der Waals surface area (Å²) in [7, 11) is 0. The summed E-state index contributed by atoms with van der Waals surface area (Å²) in [6.45, 7) is 0. The lowest BCUT2D eigenvalue weighted by molar-refractivity contribution is 1.52. The third-order valence-corrected chi connectivity index (χ3v) is 3.24. The predicted molar refractivity (Wildman–Crippen MR) is 70.7 cm³/mol. The Kier molecular flexibility index (Phi) is 3.31. The molecule has 0 radical (unpaired) electrons. The summed E-state index contributed by atoms with van der Waals surface area (Å²) in [6, 6.07) is 12.2. The van der Waals surface area contributed by atoms with E-state index in [0.29, 0.717) is 0 Å². The molecule has 70 valence electrons. The molecule has 0 bridgehead atoms. The summed E-state index contributed by atoms with van der Waals surface area (Å²) >= 11 is 3.98. The molecule has 0 fully saturated rings. The molecule has 1 aromatic heterocycles. The van der Waals surface area contributed by atoms with Gasteiger partial charge in [0.05, 0.1) is 5.69 Å². The van der Waals surface area contributed by atoms with Gasteiger partial charge in [0.15, 0.2) is 0 Å². The number of thiophene rings is 1. The Bertz CT molecular complexity index is 417. The van der Waals surface area contributed by atoms with Gasteiger partial charge in [-0.2, -0.15) is 0 Å². The fourth-order valence-corrected chi connectivity index (χ4v) is 1.97. The maximum absolute atomic E-state index is 4.37. The van der Waals surface area contributed by atoms with E-state index >= 15 is 0 Å². The Labute approximate surface area is 101 Å². The number of hydrogen-bond donors (Lipinski definition) is 0. The first-order valence-corrected chi connectivity index (χ1v) is 6.13. The molecule has 0 saturated heterocycles. The van der Waals surface area contributed by atoms with Crippen molar-refractivity contribution in [3.63, 3.8) is 0 Å². The van der Waals surface area contributed by atoms with Crippen LogP contribution in [0.2, 0.25) is 0 Å². The zero-order valence-electron chi connectivity index (χ0n) is 7.35. The standard InChI is InChI=1S/C11H8INS/c12-9-3-5-10(6-4-9)13-8-11-2-1-7-14-11/h1-8H. The van der Waals surface area contributed by atoms with Crippen LogP contribution in [0.25, 0.3) is 0 Å². The quantitative estimate of drug-likeness (QED) is 0.584. The second-order valence-corrected chi connectivity index (χ2v) is 4.97. The molecule has 0 atom stereocenters. The molecule has 0 aliphatic rings. The van der Waals surface area contributed by atoms with Crippen molar-refractivity contribution >= 4 is 45.8 Å². The molecule has 0 N–H and O–H groups in total. The SMILES string of the molecule is Ic1ccc(N=Cc2cccs2)cc1.